The lowest BCUT2D eigenvalue weighted by Crippen LogP contribution is -2.34. The topological polar surface area (TPSA) is 43.8 Å². The second-order valence-corrected chi connectivity index (χ2v) is 6.87. The van der Waals surface area contributed by atoms with Crippen LogP contribution in [0.1, 0.15) is 34.8 Å². The van der Waals surface area contributed by atoms with Crippen molar-refractivity contribution in [3.63, 3.8) is 0 Å². The normalized spacial score (nSPS) is 19.5. The first kappa shape index (κ1) is 17.6. The van der Waals surface area contributed by atoms with Crippen molar-refractivity contribution in [1.29, 1.82) is 0 Å². The fraction of sp³-hybridized carbons (Fsp3) is 0.381. The van der Waals surface area contributed by atoms with Gasteiger partial charge in [0.2, 0.25) is 0 Å². The van der Waals surface area contributed by atoms with Gasteiger partial charge in [0.1, 0.15) is 0 Å². The molecule has 0 bridgehead atoms. The highest BCUT2D eigenvalue weighted by atomic mass is 16.4. The van der Waals surface area contributed by atoms with E-state index >= 15 is 0 Å². The van der Waals surface area contributed by atoms with E-state index in [1.807, 2.05) is 12.1 Å². The van der Waals surface area contributed by atoms with Crippen molar-refractivity contribution in [2.45, 2.75) is 32.5 Å². The Morgan fingerprint density at radius 2 is 1.64 bits per heavy atom. The quantitative estimate of drug-likeness (QED) is 0.906. The number of carboxylic acids is 1. The number of carbonyl (C=O) groups is 1. The summed E-state index contributed by atoms with van der Waals surface area (Å²) >= 11 is 0. The SMILES string of the molecule is CC1CCN(Cc2ccc(C(=O)O)cc2)CCN1Cc1ccccc1. The molecule has 2 aromatic carbocycles. The van der Waals surface area contributed by atoms with Gasteiger partial charge in [-0.15, -0.1) is 0 Å². The van der Waals surface area contributed by atoms with E-state index < -0.39 is 5.97 Å². The molecule has 1 aliphatic heterocycles. The van der Waals surface area contributed by atoms with Gasteiger partial charge in [0.05, 0.1) is 5.56 Å². The van der Waals surface area contributed by atoms with E-state index in [1.165, 1.54) is 11.1 Å². The Hall–Kier alpha value is -2.17. The summed E-state index contributed by atoms with van der Waals surface area (Å²) in [5.41, 5.74) is 2.89. The van der Waals surface area contributed by atoms with Gasteiger partial charge in [0, 0.05) is 38.8 Å². The molecule has 2 aromatic rings. The summed E-state index contributed by atoms with van der Waals surface area (Å²) in [6, 6.07) is 18.5. The van der Waals surface area contributed by atoms with Crippen LogP contribution in [-0.2, 0) is 13.1 Å². The highest BCUT2D eigenvalue weighted by molar-refractivity contribution is 5.87. The number of aromatic carboxylic acids is 1. The zero-order chi connectivity index (χ0) is 17.6. The largest absolute Gasteiger partial charge is 0.478 e. The predicted molar refractivity (Wildman–Crippen MR) is 99.6 cm³/mol. The molecule has 1 fully saturated rings. The molecule has 1 unspecified atom stereocenters. The Kier molecular flexibility index (Phi) is 5.84. The van der Waals surface area contributed by atoms with Crippen LogP contribution in [0.5, 0.6) is 0 Å². The van der Waals surface area contributed by atoms with Gasteiger partial charge in [-0.1, -0.05) is 42.5 Å². The van der Waals surface area contributed by atoms with Crippen LogP contribution in [-0.4, -0.2) is 46.6 Å². The lowest BCUT2D eigenvalue weighted by molar-refractivity contribution is 0.0697. The van der Waals surface area contributed by atoms with Crippen molar-refractivity contribution in [3.8, 4) is 0 Å². The third kappa shape index (κ3) is 4.91. The highest BCUT2D eigenvalue weighted by Gasteiger charge is 2.21. The third-order valence-corrected chi connectivity index (χ3v) is 5.03. The maximum Gasteiger partial charge on any atom is 0.335 e. The van der Waals surface area contributed by atoms with E-state index in [-0.39, 0.29) is 0 Å². The summed E-state index contributed by atoms with van der Waals surface area (Å²) in [4.78, 5) is 16.0. The van der Waals surface area contributed by atoms with Crippen molar-refractivity contribution in [1.82, 2.24) is 9.80 Å². The molecule has 4 nitrogen and oxygen atoms in total. The van der Waals surface area contributed by atoms with Crippen LogP contribution in [0.4, 0.5) is 0 Å². The molecule has 0 radical (unpaired) electrons. The van der Waals surface area contributed by atoms with Crippen molar-refractivity contribution < 1.29 is 9.90 Å². The summed E-state index contributed by atoms with van der Waals surface area (Å²) in [6.45, 7) is 7.37. The molecule has 1 N–H and O–H groups in total. The zero-order valence-electron chi connectivity index (χ0n) is 14.8. The standard InChI is InChI=1S/C21H26N2O2/c1-17-11-12-22(15-19-7-9-20(10-8-19)21(24)25)13-14-23(17)16-18-5-3-2-4-6-18/h2-10,17H,11-16H2,1H3,(H,24,25). The molecule has 0 saturated carbocycles. The fourth-order valence-corrected chi connectivity index (χ4v) is 3.38. The average Bonchev–Trinajstić information content (AvgIpc) is 2.79. The summed E-state index contributed by atoms with van der Waals surface area (Å²) in [7, 11) is 0. The van der Waals surface area contributed by atoms with Gasteiger partial charge >= 0.3 is 5.97 Å². The average molecular weight is 338 g/mol. The number of rotatable bonds is 5. The molecule has 25 heavy (non-hydrogen) atoms. The van der Waals surface area contributed by atoms with Crippen LogP contribution >= 0.6 is 0 Å². The van der Waals surface area contributed by atoms with Gasteiger partial charge in [0.25, 0.3) is 0 Å². The maximum absolute atomic E-state index is 11.0. The fourth-order valence-electron chi connectivity index (χ4n) is 3.38. The van der Waals surface area contributed by atoms with Crippen LogP contribution in [0, 0.1) is 0 Å². The van der Waals surface area contributed by atoms with Crippen LogP contribution < -0.4 is 0 Å². The van der Waals surface area contributed by atoms with E-state index in [1.54, 1.807) is 12.1 Å². The van der Waals surface area contributed by atoms with Crippen molar-refractivity contribution in [2.75, 3.05) is 19.6 Å². The molecule has 0 aromatic heterocycles. The van der Waals surface area contributed by atoms with Crippen LogP contribution in [0.25, 0.3) is 0 Å². The van der Waals surface area contributed by atoms with E-state index in [2.05, 4.69) is 47.1 Å². The van der Waals surface area contributed by atoms with Crippen molar-refractivity contribution in [3.05, 3.63) is 71.3 Å². The van der Waals surface area contributed by atoms with E-state index in [4.69, 9.17) is 5.11 Å². The second-order valence-electron chi connectivity index (χ2n) is 6.87. The minimum atomic E-state index is -0.869. The Balaban J connectivity index is 1.57. The van der Waals surface area contributed by atoms with Crippen molar-refractivity contribution >= 4 is 5.97 Å². The van der Waals surface area contributed by atoms with E-state index in [0.29, 0.717) is 11.6 Å². The van der Waals surface area contributed by atoms with Gasteiger partial charge in [-0.05, 0) is 36.6 Å². The predicted octanol–water partition coefficient (Wildman–Crippen LogP) is 3.48. The molecule has 3 rings (SSSR count). The van der Waals surface area contributed by atoms with Gasteiger partial charge in [0.15, 0.2) is 0 Å². The first-order valence-electron chi connectivity index (χ1n) is 8.94. The minimum Gasteiger partial charge on any atom is -0.478 e. The Bertz CT molecular complexity index is 685. The monoisotopic (exact) mass is 338 g/mol. The molecular weight excluding hydrogens is 312 g/mol. The van der Waals surface area contributed by atoms with Crippen LogP contribution in [0.2, 0.25) is 0 Å². The molecule has 132 valence electrons. The number of benzene rings is 2. The molecule has 1 aliphatic rings. The lowest BCUT2D eigenvalue weighted by atomic mass is 10.1. The zero-order valence-corrected chi connectivity index (χ0v) is 14.8. The highest BCUT2D eigenvalue weighted by Crippen LogP contribution is 2.16. The molecule has 4 heteroatoms. The lowest BCUT2D eigenvalue weighted by Gasteiger charge is -2.26. The molecule has 1 atom stereocenters. The Labute approximate surface area is 149 Å². The molecule has 1 saturated heterocycles. The molecular formula is C21H26N2O2. The summed E-state index contributed by atoms with van der Waals surface area (Å²) in [5.74, 6) is -0.869. The maximum atomic E-state index is 11.0. The van der Waals surface area contributed by atoms with Crippen LogP contribution in [0.15, 0.2) is 54.6 Å². The summed E-state index contributed by atoms with van der Waals surface area (Å²) < 4.78 is 0. The second kappa shape index (κ2) is 8.28. The van der Waals surface area contributed by atoms with Gasteiger partial charge in [-0.25, -0.2) is 4.79 Å². The number of hydrogen-bond donors (Lipinski definition) is 1. The molecule has 0 spiro atoms. The molecule has 1 heterocycles. The van der Waals surface area contributed by atoms with Crippen LogP contribution in [0.3, 0.4) is 0 Å². The van der Waals surface area contributed by atoms with E-state index in [9.17, 15) is 4.79 Å². The Morgan fingerprint density at radius 1 is 0.960 bits per heavy atom. The summed E-state index contributed by atoms with van der Waals surface area (Å²) in [5, 5.41) is 9.00. The number of nitrogens with zero attached hydrogens (tertiary/aromatic N) is 2. The first-order valence-corrected chi connectivity index (χ1v) is 8.94. The van der Waals surface area contributed by atoms with E-state index in [0.717, 1.165) is 39.1 Å². The Morgan fingerprint density at radius 3 is 2.32 bits per heavy atom. The van der Waals surface area contributed by atoms with Gasteiger partial charge < -0.3 is 5.11 Å². The molecule has 0 amide bonds. The smallest absolute Gasteiger partial charge is 0.335 e. The number of hydrogen-bond acceptors (Lipinski definition) is 3. The molecule has 0 aliphatic carbocycles. The minimum absolute atomic E-state index is 0.349. The van der Waals surface area contributed by atoms with Crippen molar-refractivity contribution in [2.24, 2.45) is 0 Å². The number of carboxylic acid groups (broad SMARTS) is 1. The van der Waals surface area contributed by atoms with Gasteiger partial charge in [-0.2, -0.15) is 0 Å². The third-order valence-electron chi connectivity index (χ3n) is 5.03. The van der Waals surface area contributed by atoms with Gasteiger partial charge in [-0.3, -0.25) is 9.80 Å². The summed E-state index contributed by atoms with van der Waals surface area (Å²) in [6.07, 6.45) is 1.15. The first-order chi connectivity index (χ1) is 12.1.